The van der Waals surface area contributed by atoms with Crippen LogP contribution < -0.4 is 9.64 Å². The Kier molecular flexibility index (Phi) is 3.30. The van der Waals surface area contributed by atoms with E-state index in [1.807, 2.05) is 24.1 Å². The molecule has 2 unspecified atom stereocenters. The predicted octanol–water partition coefficient (Wildman–Crippen LogP) is 2.87. The molecule has 1 amide bonds. The first-order chi connectivity index (χ1) is 13.7. The van der Waals surface area contributed by atoms with Crippen molar-refractivity contribution in [2.45, 2.75) is 38.7 Å². The zero-order valence-corrected chi connectivity index (χ0v) is 15.7. The van der Waals surface area contributed by atoms with Crippen molar-refractivity contribution in [3.05, 3.63) is 47.7 Å². The highest BCUT2D eigenvalue weighted by atomic mass is 16.5. The van der Waals surface area contributed by atoms with E-state index in [2.05, 4.69) is 26.9 Å². The van der Waals surface area contributed by atoms with Gasteiger partial charge in [0.1, 0.15) is 12.4 Å². The van der Waals surface area contributed by atoms with Crippen molar-refractivity contribution in [1.82, 2.24) is 19.6 Å². The van der Waals surface area contributed by atoms with Crippen molar-refractivity contribution in [2.75, 3.05) is 11.4 Å². The number of nitrogens with zero attached hydrogens (tertiary/aromatic N) is 5. The highest BCUT2D eigenvalue weighted by molar-refractivity contribution is 6.02. The first-order valence-electron chi connectivity index (χ1n) is 9.91. The fraction of sp³-hybridized carbons (Fsp3) is 0.429. The monoisotopic (exact) mass is 375 g/mol. The number of carbonyl (C=O) groups excluding carboxylic acids is 1. The van der Waals surface area contributed by atoms with E-state index in [1.165, 1.54) is 18.4 Å². The summed E-state index contributed by atoms with van der Waals surface area (Å²) in [4.78, 5) is 19.4. The van der Waals surface area contributed by atoms with E-state index in [9.17, 15) is 4.79 Å². The van der Waals surface area contributed by atoms with Crippen LogP contribution in [0.15, 0.2) is 30.7 Å². The second kappa shape index (κ2) is 5.77. The third-order valence-corrected chi connectivity index (χ3v) is 6.00. The topological polar surface area (TPSA) is 72.6 Å². The molecule has 4 heterocycles. The molecule has 2 atom stereocenters. The van der Waals surface area contributed by atoms with Gasteiger partial charge >= 0.3 is 0 Å². The average molecular weight is 375 g/mol. The molecule has 2 saturated carbocycles. The molecule has 0 aromatic carbocycles. The first-order valence-corrected chi connectivity index (χ1v) is 9.91. The van der Waals surface area contributed by atoms with Gasteiger partial charge in [0.2, 0.25) is 5.91 Å². The van der Waals surface area contributed by atoms with Crippen molar-refractivity contribution in [1.29, 1.82) is 0 Å². The van der Waals surface area contributed by atoms with Gasteiger partial charge in [-0.15, -0.1) is 0 Å². The van der Waals surface area contributed by atoms with Gasteiger partial charge in [0, 0.05) is 30.9 Å². The number of anilines is 1. The largest absolute Gasteiger partial charge is 0.485 e. The molecule has 3 aromatic rings. The summed E-state index contributed by atoms with van der Waals surface area (Å²) in [5.74, 6) is 2.34. The highest BCUT2D eigenvalue weighted by Gasteiger charge is 2.53. The average Bonchev–Trinajstić information content (AvgIpc) is 3.60. The van der Waals surface area contributed by atoms with Crippen molar-refractivity contribution in [3.8, 4) is 5.75 Å². The second-order valence-corrected chi connectivity index (χ2v) is 8.27. The number of amides is 1. The lowest BCUT2D eigenvalue weighted by Crippen LogP contribution is -2.28. The molecule has 3 aliphatic rings. The number of ether oxygens (including phenoxy) is 1. The van der Waals surface area contributed by atoms with Gasteiger partial charge in [-0.2, -0.15) is 10.2 Å². The van der Waals surface area contributed by atoms with E-state index in [1.54, 1.807) is 6.20 Å². The van der Waals surface area contributed by atoms with Gasteiger partial charge in [-0.1, -0.05) is 0 Å². The third kappa shape index (κ3) is 2.65. The van der Waals surface area contributed by atoms with Crippen LogP contribution in [0.5, 0.6) is 5.75 Å². The molecule has 2 aliphatic carbocycles. The molecule has 28 heavy (non-hydrogen) atoms. The zero-order valence-electron chi connectivity index (χ0n) is 15.7. The Morgan fingerprint density at radius 3 is 2.89 bits per heavy atom. The zero-order chi connectivity index (χ0) is 18.8. The summed E-state index contributed by atoms with van der Waals surface area (Å²) < 4.78 is 7.91. The fourth-order valence-corrected chi connectivity index (χ4v) is 4.24. The molecule has 0 radical (unpaired) electrons. The number of hydrogen-bond acceptors (Lipinski definition) is 5. The number of aryl methyl sites for hydroxylation is 1. The van der Waals surface area contributed by atoms with Crippen molar-refractivity contribution < 1.29 is 9.53 Å². The maximum atomic E-state index is 12.7. The Labute approximate surface area is 162 Å². The molecule has 1 aliphatic heterocycles. The van der Waals surface area contributed by atoms with Crippen molar-refractivity contribution in [2.24, 2.45) is 11.8 Å². The van der Waals surface area contributed by atoms with Crippen LogP contribution in [0.4, 0.5) is 5.69 Å². The minimum atomic E-state index is 0.241. The third-order valence-electron chi connectivity index (χ3n) is 6.00. The van der Waals surface area contributed by atoms with Gasteiger partial charge in [-0.05, 0) is 49.7 Å². The summed E-state index contributed by atoms with van der Waals surface area (Å²) in [6, 6.07) is 4.04. The van der Waals surface area contributed by atoms with E-state index in [0.29, 0.717) is 24.2 Å². The Bertz CT molecular complexity index is 1100. The standard InChI is InChI=1S/C21H21N5O2/c1-12-4-17(7-22-24-12)28-11-16-10-25-8-14(13-2-3-13)6-19(20(25)23-16)26-9-15-5-18(15)21(26)27/h4,6-8,10,13,15,18H,2-3,5,9,11H2,1H3. The lowest BCUT2D eigenvalue weighted by Gasteiger charge is -2.20. The van der Waals surface area contributed by atoms with Gasteiger partial charge in [0.25, 0.3) is 0 Å². The second-order valence-electron chi connectivity index (χ2n) is 8.27. The maximum absolute atomic E-state index is 12.7. The molecule has 7 heteroatoms. The lowest BCUT2D eigenvalue weighted by atomic mass is 10.1. The van der Waals surface area contributed by atoms with Crippen molar-refractivity contribution >= 4 is 17.2 Å². The first kappa shape index (κ1) is 16.0. The van der Waals surface area contributed by atoms with Gasteiger partial charge in [-0.25, -0.2) is 4.98 Å². The van der Waals surface area contributed by atoms with Gasteiger partial charge in [0.15, 0.2) is 5.65 Å². The number of aromatic nitrogens is 4. The molecule has 0 N–H and O–H groups in total. The summed E-state index contributed by atoms with van der Waals surface area (Å²) in [5, 5.41) is 7.87. The Morgan fingerprint density at radius 1 is 1.25 bits per heavy atom. The van der Waals surface area contributed by atoms with E-state index in [4.69, 9.17) is 9.72 Å². The van der Waals surface area contributed by atoms with Crippen LogP contribution in [-0.2, 0) is 11.4 Å². The van der Waals surface area contributed by atoms with Crippen LogP contribution in [-0.4, -0.2) is 32.0 Å². The predicted molar refractivity (Wildman–Crippen MR) is 102 cm³/mol. The van der Waals surface area contributed by atoms with E-state index in [-0.39, 0.29) is 11.8 Å². The van der Waals surface area contributed by atoms with E-state index < -0.39 is 0 Å². The molecule has 1 saturated heterocycles. The molecular formula is C21H21N5O2. The molecule has 0 spiro atoms. The number of carbonyl (C=O) groups is 1. The minimum absolute atomic E-state index is 0.241. The molecule has 0 bridgehead atoms. The summed E-state index contributed by atoms with van der Waals surface area (Å²) in [5.41, 5.74) is 4.74. The molecule has 142 valence electrons. The van der Waals surface area contributed by atoms with E-state index in [0.717, 1.165) is 35.7 Å². The minimum Gasteiger partial charge on any atom is -0.485 e. The summed E-state index contributed by atoms with van der Waals surface area (Å²) >= 11 is 0. The molecular weight excluding hydrogens is 354 g/mol. The van der Waals surface area contributed by atoms with E-state index >= 15 is 0 Å². The van der Waals surface area contributed by atoms with Crippen LogP contribution in [0.2, 0.25) is 0 Å². The number of pyridine rings is 1. The van der Waals surface area contributed by atoms with Gasteiger partial charge in [0.05, 0.1) is 23.3 Å². The quantitative estimate of drug-likeness (QED) is 0.686. The van der Waals surface area contributed by atoms with Crippen LogP contribution in [0.1, 0.15) is 42.1 Å². The van der Waals surface area contributed by atoms with Crippen LogP contribution in [0.25, 0.3) is 5.65 Å². The normalized spacial score (nSPS) is 23.3. The number of piperidine rings is 1. The Hall–Kier alpha value is -2.96. The van der Waals surface area contributed by atoms with Crippen LogP contribution in [0.3, 0.4) is 0 Å². The highest BCUT2D eigenvalue weighted by Crippen LogP contribution is 2.49. The SMILES string of the molecule is Cc1cc(OCc2cn3cc(C4CC4)cc(N4CC5CC5C4=O)c3n2)cnn1. The number of rotatable bonds is 5. The molecule has 6 rings (SSSR count). The van der Waals surface area contributed by atoms with Gasteiger partial charge in [-0.3, -0.25) is 4.79 Å². The molecule has 7 nitrogen and oxygen atoms in total. The number of hydrogen-bond donors (Lipinski definition) is 0. The van der Waals surface area contributed by atoms with Gasteiger partial charge < -0.3 is 14.0 Å². The fourth-order valence-electron chi connectivity index (χ4n) is 4.24. The van der Waals surface area contributed by atoms with Crippen molar-refractivity contribution in [3.63, 3.8) is 0 Å². The molecule has 3 aromatic heterocycles. The van der Waals surface area contributed by atoms with Crippen LogP contribution in [0, 0.1) is 18.8 Å². The summed E-state index contributed by atoms with van der Waals surface area (Å²) in [7, 11) is 0. The smallest absolute Gasteiger partial charge is 0.230 e. The number of imidazole rings is 1. The lowest BCUT2D eigenvalue weighted by molar-refractivity contribution is -0.118. The molecule has 3 fully saturated rings. The van der Waals surface area contributed by atoms with Crippen LogP contribution >= 0.6 is 0 Å². The Morgan fingerprint density at radius 2 is 2.14 bits per heavy atom. The summed E-state index contributed by atoms with van der Waals surface area (Å²) in [6.45, 7) is 3.06. The Balaban J connectivity index is 1.35. The summed E-state index contributed by atoms with van der Waals surface area (Å²) in [6.07, 6.45) is 9.28. The maximum Gasteiger partial charge on any atom is 0.230 e. The number of fused-ring (bicyclic) bond motifs is 2.